The molecule has 1 aliphatic heterocycles. The van der Waals surface area contributed by atoms with Crippen LogP contribution in [0.5, 0.6) is 0 Å². The van der Waals surface area contributed by atoms with Crippen molar-refractivity contribution in [2.45, 2.75) is 164 Å². The number of ether oxygens (including phenoxy) is 1. The van der Waals surface area contributed by atoms with E-state index in [1.165, 1.54) is 44.1 Å². The maximum Gasteiger partial charge on any atom is 0.309 e. The standard InChI is InChI=1S/C50H72ClN3O5/c1-31(2)34(13-10-16-42(55)54-28-12-15-38(54)44-52-30-37(53-44)32-17-19-33(51)20-18-32)35-14-11-25-49(8)36(35)21-22-40-48(7)26-24-41(59-43(56)29-46(3,4)45(57)58)47(5,6)39(48)23-27-50(40,49)9/h17-20,30,34-36,38-41H,1,10-16,21-29H2,2-9H3,(H,52,53)(H,57,58)/t34-,35+,36+,38+,39-,40+,41-,48-,49+,50+/m0/s1. The molecule has 0 radical (unpaired) electrons. The number of aromatic nitrogens is 2. The minimum Gasteiger partial charge on any atom is -0.481 e. The summed E-state index contributed by atoms with van der Waals surface area (Å²) in [5, 5.41) is 10.3. The monoisotopic (exact) mass is 830 g/mol. The van der Waals surface area contributed by atoms with Gasteiger partial charge in [-0.05, 0) is 161 Å². The molecule has 5 aliphatic rings. The summed E-state index contributed by atoms with van der Waals surface area (Å²) in [5.74, 6) is 2.40. The minimum atomic E-state index is -1.15. The van der Waals surface area contributed by atoms with E-state index >= 15 is 0 Å². The Balaban J connectivity index is 1.01. The number of H-pyrrole nitrogens is 1. The number of aromatic amines is 1. The van der Waals surface area contributed by atoms with Crippen molar-refractivity contribution in [3.63, 3.8) is 0 Å². The predicted molar refractivity (Wildman–Crippen MR) is 234 cm³/mol. The van der Waals surface area contributed by atoms with Crippen molar-refractivity contribution in [3.8, 4) is 11.3 Å². The van der Waals surface area contributed by atoms with E-state index in [-0.39, 0.29) is 46.1 Å². The first-order valence-corrected chi connectivity index (χ1v) is 23.3. The summed E-state index contributed by atoms with van der Waals surface area (Å²) in [4.78, 5) is 49.1. The molecule has 5 fully saturated rings. The SMILES string of the molecule is C=C(C)[C@H](CCCC(=O)N1CCC[C@@H]1c1ncc(-c2ccc(Cl)cc2)[nH]1)[C@H]1CCC[C@]2(C)[C@@H]1CC[C@@H]1[C@@]3(C)CC[C@H](OC(=O)CC(C)(C)C(=O)O)C(C)(C)[C@@H]3CC[C@]12C. The zero-order valence-corrected chi connectivity index (χ0v) is 38.1. The summed E-state index contributed by atoms with van der Waals surface area (Å²) in [6, 6.07) is 7.74. The van der Waals surface area contributed by atoms with E-state index in [1.54, 1.807) is 13.8 Å². The number of hydrogen-bond donors (Lipinski definition) is 2. The van der Waals surface area contributed by atoms with Crippen LogP contribution >= 0.6 is 11.6 Å². The van der Waals surface area contributed by atoms with Crippen LogP contribution < -0.4 is 0 Å². The zero-order valence-electron chi connectivity index (χ0n) is 37.3. The zero-order chi connectivity index (χ0) is 42.7. The van der Waals surface area contributed by atoms with Crippen molar-refractivity contribution >= 4 is 29.4 Å². The van der Waals surface area contributed by atoms with Gasteiger partial charge in [-0.25, -0.2) is 4.98 Å². The van der Waals surface area contributed by atoms with Gasteiger partial charge in [0.15, 0.2) is 0 Å². The average Bonchev–Trinajstić information content (AvgIpc) is 3.85. The van der Waals surface area contributed by atoms with Crippen molar-refractivity contribution < 1.29 is 24.2 Å². The van der Waals surface area contributed by atoms with Crippen LogP contribution in [0, 0.1) is 56.7 Å². The quantitative estimate of drug-likeness (QED) is 0.163. The molecule has 8 nitrogen and oxygen atoms in total. The topological polar surface area (TPSA) is 113 Å². The number of nitrogens with one attached hydrogen (secondary N) is 1. The van der Waals surface area contributed by atoms with Crippen LogP contribution in [0.4, 0.5) is 0 Å². The van der Waals surface area contributed by atoms with Gasteiger partial charge in [0.2, 0.25) is 5.91 Å². The number of aliphatic carboxylic acids is 1. The molecular formula is C50H72ClN3O5. The summed E-state index contributed by atoms with van der Waals surface area (Å²) in [6.07, 6.45) is 16.3. The van der Waals surface area contributed by atoms with Gasteiger partial charge >= 0.3 is 11.9 Å². The van der Waals surface area contributed by atoms with Gasteiger partial charge in [-0.3, -0.25) is 14.4 Å². The summed E-state index contributed by atoms with van der Waals surface area (Å²) in [6.45, 7) is 23.3. The first kappa shape index (κ1) is 43.9. The second-order valence-corrected chi connectivity index (χ2v) is 22.1. The highest BCUT2D eigenvalue weighted by Gasteiger charge is 2.68. The third-order valence-electron chi connectivity index (χ3n) is 17.8. The van der Waals surface area contributed by atoms with Crippen LogP contribution in [0.1, 0.15) is 164 Å². The third-order valence-corrected chi connectivity index (χ3v) is 18.0. The third kappa shape index (κ3) is 7.84. The van der Waals surface area contributed by atoms with E-state index in [2.05, 4.69) is 58.0 Å². The van der Waals surface area contributed by atoms with Gasteiger partial charge in [0.25, 0.3) is 0 Å². The Morgan fingerprint density at radius 3 is 2.39 bits per heavy atom. The molecule has 0 unspecified atom stereocenters. The lowest BCUT2D eigenvalue weighted by atomic mass is 9.33. The Labute approximate surface area is 359 Å². The van der Waals surface area contributed by atoms with Crippen LogP contribution in [0.25, 0.3) is 11.3 Å². The highest BCUT2D eigenvalue weighted by Crippen LogP contribution is 2.75. The Bertz CT molecular complexity index is 1900. The first-order valence-electron chi connectivity index (χ1n) is 22.9. The molecule has 7 rings (SSSR count). The number of likely N-dealkylation sites (tertiary alicyclic amines) is 1. The number of amides is 1. The highest BCUT2D eigenvalue weighted by molar-refractivity contribution is 6.30. The van der Waals surface area contributed by atoms with Crippen LogP contribution in [0.3, 0.4) is 0 Å². The molecule has 10 atom stereocenters. The molecule has 1 aromatic heterocycles. The van der Waals surface area contributed by atoms with E-state index in [0.29, 0.717) is 41.0 Å². The normalized spacial score (nSPS) is 34.6. The van der Waals surface area contributed by atoms with Crippen molar-refractivity contribution in [1.29, 1.82) is 0 Å². The fourth-order valence-corrected chi connectivity index (χ4v) is 14.5. The number of hydrogen-bond acceptors (Lipinski definition) is 5. The number of carboxylic acid groups (broad SMARTS) is 1. The first-order chi connectivity index (χ1) is 27.7. The summed E-state index contributed by atoms with van der Waals surface area (Å²) in [5.41, 5.74) is 2.50. The van der Waals surface area contributed by atoms with E-state index < -0.39 is 17.4 Å². The summed E-state index contributed by atoms with van der Waals surface area (Å²) < 4.78 is 6.19. The highest BCUT2D eigenvalue weighted by atomic mass is 35.5. The molecule has 1 aromatic carbocycles. The second-order valence-electron chi connectivity index (χ2n) is 21.7. The molecule has 9 heteroatoms. The fraction of sp³-hybridized carbons (Fsp3) is 0.720. The number of halogens is 1. The molecule has 4 aliphatic carbocycles. The number of rotatable bonds is 12. The number of benzene rings is 1. The molecule has 1 amide bonds. The number of fused-ring (bicyclic) bond motifs is 5. The van der Waals surface area contributed by atoms with Gasteiger partial charge in [0.05, 0.1) is 29.8 Å². The van der Waals surface area contributed by atoms with E-state index in [4.69, 9.17) is 21.3 Å². The van der Waals surface area contributed by atoms with Gasteiger partial charge in [0, 0.05) is 23.4 Å². The van der Waals surface area contributed by atoms with Crippen molar-refractivity contribution in [2.75, 3.05) is 6.54 Å². The fourth-order valence-electron chi connectivity index (χ4n) is 14.4. The number of allylic oxidation sites excluding steroid dienone is 1. The number of carbonyl (C=O) groups is 3. The summed E-state index contributed by atoms with van der Waals surface area (Å²) in [7, 11) is 0. The molecule has 2 heterocycles. The lowest BCUT2D eigenvalue weighted by Crippen LogP contribution is -2.65. The number of carboxylic acids is 1. The maximum absolute atomic E-state index is 13.9. The Kier molecular flexibility index (Phi) is 12.1. The van der Waals surface area contributed by atoms with E-state index in [0.717, 1.165) is 68.6 Å². The Morgan fingerprint density at radius 2 is 1.69 bits per heavy atom. The van der Waals surface area contributed by atoms with Gasteiger partial charge in [0.1, 0.15) is 11.9 Å². The molecule has 1 saturated heterocycles. The molecule has 324 valence electrons. The van der Waals surface area contributed by atoms with Crippen molar-refractivity contribution in [3.05, 3.63) is 53.5 Å². The molecule has 2 aromatic rings. The Morgan fingerprint density at radius 1 is 0.966 bits per heavy atom. The molecular weight excluding hydrogens is 758 g/mol. The van der Waals surface area contributed by atoms with Gasteiger partial charge in [-0.15, -0.1) is 0 Å². The maximum atomic E-state index is 13.9. The van der Waals surface area contributed by atoms with Crippen LogP contribution in [-0.4, -0.2) is 50.5 Å². The molecule has 0 spiro atoms. The number of nitrogens with zero attached hydrogens (tertiary/aromatic N) is 2. The number of esters is 1. The molecule has 0 bridgehead atoms. The second kappa shape index (κ2) is 16.3. The van der Waals surface area contributed by atoms with Gasteiger partial charge in [-0.2, -0.15) is 0 Å². The summed E-state index contributed by atoms with van der Waals surface area (Å²) >= 11 is 6.12. The van der Waals surface area contributed by atoms with Crippen LogP contribution in [0.2, 0.25) is 5.02 Å². The predicted octanol–water partition coefficient (Wildman–Crippen LogP) is 12.2. The molecule has 4 saturated carbocycles. The smallest absolute Gasteiger partial charge is 0.309 e. The van der Waals surface area contributed by atoms with Crippen molar-refractivity contribution in [1.82, 2.24) is 14.9 Å². The van der Waals surface area contributed by atoms with E-state index in [1.807, 2.05) is 30.5 Å². The van der Waals surface area contributed by atoms with Gasteiger partial charge < -0.3 is 19.7 Å². The lowest BCUT2D eigenvalue weighted by molar-refractivity contribution is -0.242. The molecule has 59 heavy (non-hydrogen) atoms. The van der Waals surface area contributed by atoms with Crippen LogP contribution in [-0.2, 0) is 19.1 Å². The van der Waals surface area contributed by atoms with Crippen LogP contribution in [0.15, 0.2) is 42.6 Å². The molecule has 2 N–H and O–H groups in total. The number of imidazole rings is 1. The minimum absolute atomic E-state index is 0.0145. The largest absolute Gasteiger partial charge is 0.481 e. The van der Waals surface area contributed by atoms with Gasteiger partial charge in [-0.1, -0.05) is 76.9 Å². The average molecular weight is 831 g/mol. The van der Waals surface area contributed by atoms with Crippen molar-refractivity contribution in [2.24, 2.45) is 56.7 Å². The lowest BCUT2D eigenvalue weighted by Gasteiger charge is -2.72. The number of carbonyl (C=O) groups excluding carboxylic acids is 2. The van der Waals surface area contributed by atoms with E-state index in [9.17, 15) is 19.5 Å². The Hall–Kier alpha value is -3.13.